The van der Waals surface area contributed by atoms with Crippen molar-refractivity contribution in [3.63, 3.8) is 0 Å². The molecular weight excluding hydrogens is 376 g/mol. The number of morpholine rings is 1. The molecule has 1 N–H and O–H groups in total. The summed E-state index contributed by atoms with van der Waals surface area (Å²) in [6.07, 6.45) is 0. The first kappa shape index (κ1) is 18.1. The highest BCUT2D eigenvalue weighted by Gasteiger charge is 2.30. The fourth-order valence-corrected chi connectivity index (χ4v) is 3.74. The van der Waals surface area contributed by atoms with Crippen LogP contribution < -0.4 is 5.32 Å². The molecule has 1 aromatic carbocycles. The average molecular weight is 392 g/mol. The van der Waals surface area contributed by atoms with Gasteiger partial charge in [-0.15, -0.1) is 11.3 Å². The van der Waals surface area contributed by atoms with E-state index in [0.717, 1.165) is 0 Å². The number of hydrogen-bond acceptors (Lipinski definition) is 6. The van der Waals surface area contributed by atoms with Crippen LogP contribution >= 0.6 is 11.3 Å². The number of fused-ring (bicyclic) bond motifs is 1. The monoisotopic (exact) mass is 392 g/mol. The summed E-state index contributed by atoms with van der Waals surface area (Å²) in [6, 6.07) is 12.8. The third kappa shape index (κ3) is 3.33. The zero-order valence-corrected chi connectivity index (χ0v) is 15.7. The van der Waals surface area contributed by atoms with Gasteiger partial charge in [0.2, 0.25) is 0 Å². The minimum Gasteiger partial charge on any atom is -0.378 e. The lowest BCUT2D eigenvalue weighted by molar-refractivity contribution is -0.130. The number of carbonyl (C=O) groups excluding carboxylic acids is 2. The number of carbonyl (C=O) groups is 2. The molecule has 1 fully saturated rings. The summed E-state index contributed by atoms with van der Waals surface area (Å²) < 4.78 is 5.27. The van der Waals surface area contributed by atoms with Gasteiger partial charge < -0.3 is 15.0 Å². The van der Waals surface area contributed by atoms with Crippen LogP contribution in [0.25, 0.3) is 5.70 Å². The fraction of sp³-hybridized carbons (Fsp3) is 0.200. The van der Waals surface area contributed by atoms with E-state index in [2.05, 4.69) is 10.3 Å². The van der Waals surface area contributed by atoms with E-state index in [4.69, 9.17) is 4.74 Å². The lowest BCUT2D eigenvalue weighted by Gasteiger charge is -2.26. The van der Waals surface area contributed by atoms with E-state index in [-0.39, 0.29) is 23.1 Å². The molecule has 1 aromatic heterocycles. The highest BCUT2D eigenvalue weighted by Crippen LogP contribution is 2.31. The predicted molar refractivity (Wildman–Crippen MR) is 105 cm³/mol. The molecule has 0 unspecified atom stereocenters. The Hall–Kier alpha value is -3.28. The lowest BCUT2D eigenvalue weighted by Crippen LogP contribution is -2.41. The Morgan fingerprint density at radius 2 is 1.89 bits per heavy atom. The number of amidine groups is 1. The van der Waals surface area contributed by atoms with Crippen LogP contribution in [0.1, 0.15) is 20.8 Å². The smallest absolute Gasteiger partial charge is 0.266 e. The van der Waals surface area contributed by atoms with Crippen LogP contribution in [-0.2, 0) is 9.53 Å². The Labute approximate surface area is 165 Å². The molecule has 0 aliphatic carbocycles. The third-order valence-electron chi connectivity index (χ3n) is 4.50. The van der Waals surface area contributed by atoms with Crippen LogP contribution in [0.2, 0.25) is 0 Å². The maximum Gasteiger partial charge on any atom is 0.266 e. The van der Waals surface area contributed by atoms with E-state index in [1.165, 1.54) is 11.3 Å². The highest BCUT2D eigenvalue weighted by atomic mass is 32.1. The Morgan fingerprint density at radius 3 is 2.57 bits per heavy atom. The summed E-state index contributed by atoms with van der Waals surface area (Å²) in [7, 11) is 0. The van der Waals surface area contributed by atoms with Crippen molar-refractivity contribution in [1.82, 2.24) is 10.2 Å². The van der Waals surface area contributed by atoms with Crippen molar-refractivity contribution in [2.24, 2.45) is 4.99 Å². The van der Waals surface area contributed by atoms with E-state index in [0.29, 0.717) is 48.1 Å². The Balaban J connectivity index is 1.72. The summed E-state index contributed by atoms with van der Waals surface area (Å²) in [4.78, 5) is 31.9. The average Bonchev–Trinajstić information content (AvgIpc) is 3.39. The molecule has 1 saturated heterocycles. The molecule has 2 amide bonds. The van der Waals surface area contributed by atoms with E-state index in [9.17, 15) is 14.9 Å². The number of benzene rings is 1. The number of ether oxygens (including phenoxy) is 1. The van der Waals surface area contributed by atoms with E-state index in [1.807, 2.05) is 29.6 Å². The van der Waals surface area contributed by atoms with E-state index in [1.54, 1.807) is 23.1 Å². The number of nitriles is 1. The van der Waals surface area contributed by atoms with E-state index >= 15 is 0 Å². The number of hydrogen-bond donors (Lipinski definition) is 1. The van der Waals surface area contributed by atoms with Crippen molar-refractivity contribution < 1.29 is 14.3 Å². The zero-order chi connectivity index (χ0) is 19.5. The fourth-order valence-electron chi connectivity index (χ4n) is 3.12. The number of rotatable bonds is 2. The molecule has 0 spiro atoms. The first-order chi connectivity index (χ1) is 13.7. The minimum atomic E-state index is -0.370. The van der Waals surface area contributed by atoms with E-state index < -0.39 is 0 Å². The molecule has 4 rings (SSSR count). The molecule has 7 nitrogen and oxygen atoms in total. The van der Waals surface area contributed by atoms with Gasteiger partial charge in [-0.25, -0.2) is 4.99 Å². The standard InChI is InChI=1S/C20H16N4O3S/c21-12-15(20(26)24-7-9-27-10-8-24)17-13-4-1-2-5-14(13)18(22-17)23-19(25)16-6-3-11-28-16/h1-6,11H,7-10H2,(H,22,23,25)/b17-15-. The zero-order valence-electron chi connectivity index (χ0n) is 14.8. The second-order valence-electron chi connectivity index (χ2n) is 6.18. The van der Waals surface area contributed by atoms with Gasteiger partial charge in [0.15, 0.2) is 0 Å². The molecule has 140 valence electrons. The second-order valence-corrected chi connectivity index (χ2v) is 7.13. The first-order valence-corrected chi connectivity index (χ1v) is 9.61. The topological polar surface area (TPSA) is 94.8 Å². The van der Waals surface area contributed by atoms with Crippen LogP contribution in [0.5, 0.6) is 0 Å². The molecule has 8 heteroatoms. The van der Waals surface area contributed by atoms with Gasteiger partial charge in [-0.3, -0.25) is 9.59 Å². The predicted octanol–water partition coefficient (Wildman–Crippen LogP) is 2.03. The summed E-state index contributed by atoms with van der Waals surface area (Å²) in [5.41, 5.74) is 1.60. The van der Waals surface area contributed by atoms with Crippen molar-refractivity contribution in [2.75, 3.05) is 26.3 Å². The summed E-state index contributed by atoms with van der Waals surface area (Å²) in [5.74, 6) is -0.306. The minimum absolute atomic E-state index is 0.0327. The molecule has 2 aromatic rings. The summed E-state index contributed by atoms with van der Waals surface area (Å²) >= 11 is 1.33. The number of nitrogens with zero attached hydrogens (tertiary/aromatic N) is 3. The van der Waals surface area contributed by atoms with Crippen molar-refractivity contribution in [3.05, 3.63) is 63.4 Å². The maximum atomic E-state index is 12.9. The molecule has 0 atom stereocenters. The molecule has 28 heavy (non-hydrogen) atoms. The van der Waals surface area contributed by atoms with Crippen LogP contribution in [0.4, 0.5) is 0 Å². The van der Waals surface area contributed by atoms with Crippen molar-refractivity contribution in [3.8, 4) is 6.07 Å². The largest absolute Gasteiger partial charge is 0.378 e. The lowest BCUT2D eigenvalue weighted by atomic mass is 10.0. The molecule has 0 radical (unpaired) electrons. The van der Waals surface area contributed by atoms with Gasteiger partial charge in [0.25, 0.3) is 11.8 Å². The SMILES string of the molecule is N#C/C(C(=O)N1CCOCC1)=C1/N=C(NC(=O)c2cccs2)c2ccccc21. The second kappa shape index (κ2) is 7.76. The van der Waals surface area contributed by atoms with Crippen molar-refractivity contribution in [1.29, 1.82) is 5.26 Å². The Kier molecular flexibility index (Phi) is 5.02. The van der Waals surface area contributed by atoms with Crippen molar-refractivity contribution in [2.45, 2.75) is 0 Å². The first-order valence-electron chi connectivity index (χ1n) is 8.73. The molecular formula is C20H16N4O3S. The Morgan fingerprint density at radius 1 is 1.14 bits per heavy atom. The van der Waals surface area contributed by atoms with Gasteiger partial charge in [0.1, 0.15) is 17.5 Å². The number of nitrogens with one attached hydrogen (secondary N) is 1. The summed E-state index contributed by atoms with van der Waals surface area (Å²) in [5, 5.41) is 14.3. The molecule has 0 saturated carbocycles. The van der Waals surface area contributed by atoms with Crippen LogP contribution in [0.15, 0.2) is 52.3 Å². The normalized spacial score (nSPS) is 17.4. The van der Waals surface area contributed by atoms with Gasteiger partial charge in [-0.1, -0.05) is 30.3 Å². The van der Waals surface area contributed by atoms with Crippen LogP contribution in [0, 0.1) is 11.3 Å². The molecule has 2 aliphatic rings. The van der Waals surface area contributed by atoms with Crippen LogP contribution in [0.3, 0.4) is 0 Å². The van der Waals surface area contributed by atoms with Gasteiger partial charge in [0, 0.05) is 24.2 Å². The van der Waals surface area contributed by atoms with Gasteiger partial charge >= 0.3 is 0 Å². The summed E-state index contributed by atoms with van der Waals surface area (Å²) in [6.45, 7) is 1.76. The maximum absolute atomic E-state index is 12.9. The molecule has 2 aliphatic heterocycles. The van der Waals surface area contributed by atoms with Gasteiger partial charge in [-0.05, 0) is 11.4 Å². The molecule has 0 bridgehead atoms. The quantitative estimate of drug-likeness (QED) is 0.625. The van der Waals surface area contributed by atoms with Gasteiger partial charge in [0.05, 0.1) is 23.8 Å². The number of aliphatic imine (C=N–C) groups is 1. The van der Waals surface area contributed by atoms with Gasteiger partial charge in [-0.2, -0.15) is 5.26 Å². The Bertz CT molecular complexity index is 1030. The number of thiophene rings is 1. The van der Waals surface area contributed by atoms with Crippen LogP contribution in [-0.4, -0.2) is 48.9 Å². The van der Waals surface area contributed by atoms with Crippen molar-refractivity contribution >= 4 is 34.7 Å². The highest BCUT2D eigenvalue weighted by molar-refractivity contribution is 7.12. The number of amides is 2. The third-order valence-corrected chi connectivity index (χ3v) is 5.37. The molecule has 3 heterocycles.